The summed E-state index contributed by atoms with van der Waals surface area (Å²) >= 11 is 0. The van der Waals surface area contributed by atoms with Crippen LogP contribution in [0, 0.1) is 0 Å². The zero-order chi connectivity index (χ0) is 17.5. The van der Waals surface area contributed by atoms with Crippen molar-refractivity contribution in [1.82, 2.24) is 10.6 Å². The van der Waals surface area contributed by atoms with E-state index in [-0.39, 0.29) is 12.8 Å². The summed E-state index contributed by atoms with van der Waals surface area (Å²) in [5.74, 6) is -3.93. The Kier molecular flexibility index (Phi) is 7.30. The Hall–Kier alpha value is -2.36. The Balaban J connectivity index is 4.68. The molecule has 10 nitrogen and oxygen atoms in total. The third kappa shape index (κ3) is 8.74. The molecule has 0 aliphatic heterocycles. The highest BCUT2D eigenvalue weighted by molar-refractivity contribution is 5.86. The standard InChI is InChI=1S/C12H21N3O7/c1-12(2,13)5-7(10(20)21)15-11(22)14-6(9(18)19)3-4-8(16)17/h6-7H,3-5,13H2,1-2H3,(H,16,17)(H,18,19)(H,20,21)(H2,14,15,22)/t6-,7-/m0/s1. The van der Waals surface area contributed by atoms with E-state index in [1.165, 1.54) is 0 Å². The molecule has 0 saturated heterocycles. The van der Waals surface area contributed by atoms with Gasteiger partial charge in [-0.15, -0.1) is 0 Å². The maximum Gasteiger partial charge on any atom is 0.326 e. The second kappa shape index (κ2) is 8.17. The summed E-state index contributed by atoms with van der Waals surface area (Å²) in [6.45, 7) is 3.16. The molecule has 0 spiro atoms. The molecule has 0 saturated carbocycles. The number of urea groups is 1. The summed E-state index contributed by atoms with van der Waals surface area (Å²) in [5.41, 5.74) is 4.83. The first-order chi connectivity index (χ1) is 9.92. The predicted molar refractivity (Wildman–Crippen MR) is 74.3 cm³/mol. The van der Waals surface area contributed by atoms with Crippen LogP contribution in [0.1, 0.15) is 33.1 Å². The molecule has 126 valence electrons. The van der Waals surface area contributed by atoms with Gasteiger partial charge in [0.1, 0.15) is 12.1 Å². The predicted octanol–water partition coefficient (Wildman–Crippen LogP) is -0.816. The van der Waals surface area contributed by atoms with Gasteiger partial charge in [-0.3, -0.25) is 4.79 Å². The smallest absolute Gasteiger partial charge is 0.326 e. The minimum Gasteiger partial charge on any atom is -0.481 e. The van der Waals surface area contributed by atoms with E-state index in [1.807, 2.05) is 5.32 Å². The van der Waals surface area contributed by atoms with Gasteiger partial charge in [0.15, 0.2) is 0 Å². The molecule has 0 heterocycles. The topological polar surface area (TPSA) is 179 Å². The lowest BCUT2D eigenvalue weighted by Crippen LogP contribution is -2.53. The van der Waals surface area contributed by atoms with E-state index in [4.69, 9.17) is 21.1 Å². The number of carbonyl (C=O) groups excluding carboxylic acids is 1. The van der Waals surface area contributed by atoms with Gasteiger partial charge in [-0.25, -0.2) is 14.4 Å². The minimum atomic E-state index is -1.43. The maximum absolute atomic E-state index is 11.7. The van der Waals surface area contributed by atoms with Gasteiger partial charge in [-0.05, 0) is 26.7 Å². The number of nitrogens with two attached hydrogens (primary N) is 1. The number of rotatable bonds is 9. The molecule has 0 rings (SSSR count). The number of carboxylic acid groups (broad SMARTS) is 3. The Bertz CT molecular complexity index is 444. The Morgan fingerprint density at radius 3 is 1.82 bits per heavy atom. The van der Waals surface area contributed by atoms with Crippen molar-refractivity contribution < 1.29 is 34.5 Å². The van der Waals surface area contributed by atoms with Crippen molar-refractivity contribution in [3.63, 3.8) is 0 Å². The normalized spacial score (nSPS) is 13.8. The van der Waals surface area contributed by atoms with Crippen molar-refractivity contribution in [3.05, 3.63) is 0 Å². The van der Waals surface area contributed by atoms with E-state index in [2.05, 4.69) is 5.32 Å². The lowest BCUT2D eigenvalue weighted by atomic mass is 9.96. The molecule has 2 atom stereocenters. The lowest BCUT2D eigenvalue weighted by Gasteiger charge is -2.24. The number of carbonyl (C=O) groups is 4. The first-order valence-corrected chi connectivity index (χ1v) is 6.45. The van der Waals surface area contributed by atoms with E-state index >= 15 is 0 Å². The SMILES string of the molecule is CC(C)(N)C[C@H](NC(=O)N[C@@H](CCC(=O)O)C(=O)O)C(=O)O. The molecule has 0 aliphatic carbocycles. The van der Waals surface area contributed by atoms with Crippen LogP contribution < -0.4 is 16.4 Å². The van der Waals surface area contributed by atoms with Crippen molar-refractivity contribution in [1.29, 1.82) is 0 Å². The van der Waals surface area contributed by atoms with Crippen LogP contribution in [0.4, 0.5) is 4.79 Å². The van der Waals surface area contributed by atoms with E-state index in [0.717, 1.165) is 0 Å². The van der Waals surface area contributed by atoms with Gasteiger partial charge in [0.2, 0.25) is 0 Å². The van der Waals surface area contributed by atoms with Crippen LogP contribution in [0.3, 0.4) is 0 Å². The van der Waals surface area contributed by atoms with Crippen LogP contribution in [-0.4, -0.2) is 56.9 Å². The number of hydrogen-bond acceptors (Lipinski definition) is 5. The van der Waals surface area contributed by atoms with Gasteiger partial charge in [0.25, 0.3) is 0 Å². The molecule has 0 radical (unpaired) electrons. The molecule has 0 unspecified atom stereocenters. The zero-order valence-corrected chi connectivity index (χ0v) is 12.3. The van der Waals surface area contributed by atoms with Crippen molar-refractivity contribution in [2.75, 3.05) is 0 Å². The lowest BCUT2D eigenvalue weighted by molar-refractivity contribution is -0.141. The van der Waals surface area contributed by atoms with Crippen molar-refractivity contribution >= 4 is 23.9 Å². The fraction of sp³-hybridized carbons (Fsp3) is 0.667. The molecule has 0 aromatic heterocycles. The largest absolute Gasteiger partial charge is 0.481 e. The number of amides is 2. The molecule has 0 aromatic rings. The summed E-state index contributed by atoms with van der Waals surface area (Å²) < 4.78 is 0. The highest BCUT2D eigenvalue weighted by Gasteiger charge is 2.28. The summed E-state index contributed by atoms with van der Waals surface area (Å²) in [4.78, 5) is 44.1. The monoisotopic (exact) mass is 319 g/mol. The number of aliphatic carboxylic acids is 3. The second-order valence-electron chi connectivity index (χ2n) is 5.52. The molecular formula is C12H21N3O7. The van der Waals surface area contributed by atoms with Gasteiger partial charge in [0, 0.05) is 12.0 Å². The Labute approximate surface area is 126 Å². The van der Waals surface area contributed by atoms with Crippen LogP contribution in [0.5, 0.6) is 0 Å². The highest BCUT2D eigenvalue weighted by Crippen LogP contribution is 2.08. The van der Waals surface area contributed by atoms with Gasteiger partial charge in [-0.1, -0.05) is 0 Å². The van der Waals surface area contributed by atoms with Crippen LogP contribution in [0.25, 0.3) is 0 Å². The highest BCUT2D eigenvalue weighted by atomic mass is 16.4. The van der Waals surface area contributed by atoms with E-state index in [1.54, 1.807) is 13.8 Å². The van der Waals surface area contributed by atoms with Gasteiger partial charge in [0.05, 0.1) is 0 Å². The van der Waals surface area contributed by atoms with Crippen LogP contribution >= 0.6 is 0 Å². The molecule has 2 amide bonds. The first-order valence-electron chi connectivity index (χ1n) is 6.45. The number of hydrogen-bond donors (Lipinski definition) is 6. The minimum absolute atomic E-state index is 0.0668. The van der Waals surface area contributed by atoms with E-state index in [9.17, 15) is 19.2 Å². The number of nitrogens with one attached hydrogen (secondary N) is 2. The molecule has 0 aliphatic rings. The quantitative estimate of drug-likeness (QED) is 0.319. The summed E-state index contributed by atoms with van der Waals surface area (Å²) in [6, 6.07) is -3.75. The third-order valence-electron chi connectivity index (χ3n) is 2.58. The average molecular weight is 319 g/mol. The van der Waals surface area contributed by atoms with Crippen molar-refractivity contribution in [2.45, 2.75) is 50.7 Å². The Morgan fingerprint density at radius 1 is 1.00 bits per heavy atom. The van der Waals surface area contributed by atoms with Gasteiger partial charge < -0.3 is 31.7 Å². The molecule has 0 fully saturated rings. The molecule has 7 N–H and O–H groups in total. The molecule has 10 heteroatoms. The molecule has 22 heavy (non-hydrogen) atoms. The second-order valence-corrected chi connectivity index (χ2v) is 5.52. The summed E-state index contributed by atoms with van der Waals surface area (Å²) in [5, 5.41) is 30.5. The molecule has 0 aromatic carbocycles. The van der Waals surface area contributed by atoms with Crippen LogP contribution in [-0.2, 0) is 14.4 Å². The first kappa shape index (κ1) is 19.6. The Morgan fingerprint density at radius 2 is 1.45 bits per heavy atom. The summed E-state index contributed by atoms with van der Waals surface area (Å²) in [6.07, 6.45) is -0.837. The molecular weight excluding hydrogens is 298 g/mol. The fourth-order valence-electron chi connectivity index (χ4n) is 1.61. The maximum atomic E-state index is 11.7. The van der Waals surface area contributed by atoms with Crippen molar-refractivity contribution in [3.8, 4) is 0 Å². The van der Waals surface area contributed by atoms with Crippen molar-refractivity contribution in [2.24, 2.45) is 5.73 Å². The van der Waals surface area contributed by atoms with Crippen LogP contribution in [0.2, 0.25) is 0 Å². The third-order valence-corrected chi connectivity index (χ3v) is 2.58. The molecule has 0 bridgehead atoms. The van der Waals surface area contributed by atoms with Gasteiger partial charge in [-0.2, -0.15) is 0 Å². The average Bonchev–Trinajstić information content (AvgIpc) is 2.31. The number of carboxylic acids is 3. The zero-order valence-electron chi connectivity index (χ0n) is 12.3. The summed E-state index contributed by atoms with van der Waals surface area (Å²) in [7, 11) is 0. The van der Waals surface area contributed by atoms with E-state index < -0.39 is 48.0 Å². The van der Waals surface area contributed by atoms with Crippen LogP contribution in [0.15, 0.2) is 0 Å². The van der Waals surface area contributed by atoms with Gasteiger partial charge >= 0.3 is 23.9 Å². The van der Waals surface area contributed by atoms with E-state index in [0.29, 0.717) is 0 Å². The fourth-order valence-corrected chi connectivity index (χ4v) is 1.61.